The Morgan fingerprint density at radius 1 is 0.548 bits per heavy atom. The first-order valence-electron chi connectivity index (χ1n) is 12.0. The summed E-state index contributed by atoms with van der Waals surface area (Å²) in [5.41, 5.74) is 0. The highest BCUT2D eigenvalue weighted by Crippen LogP contribution is 2.10. The lowest BCUT2D eigenvalue weighted by atomic mass is 10.1. The summed E-state index contributed by atoms with van der Waals surface area (Å²) in [4.78, 5) is 11.0. The molecule has 186 valence electrons. The number of esters is 1. The van der Waals surface area contributed by atoms with Crippen molar-refractivity contribution in [1.82, 2.24) is 0 Å². The van der Waals surface area contributed by atoms with Crippen LogP contribution in [0.1, 0.15) is 64.7 Å². The van der Waals surface area contributed by atoms with Crippen LogP contribution in [0.2, 0.25) is 0 Å². The number of thiol groups is 1. The number of unbranched alkanes of at least 4 members (excludes halogenated alkanes) is 8. The second-order valence-corrected chi connectivity index (χ2v) is 7.66. The molecule has 0 radical (unpaired) electrons. The maximum absolute atomic E-state index is 11.0. The van der Waals surface area contributed by atoms with Crippen LogP contribution in [0.15, 0.2) is 0 Å². The molecule has 0 spiro atoms. The van der Waals surface area contributed by atoms with Gasteiger partial charge in [-0.25, -0.2) is 4.79 Å². The van der Waals surface area contributed by atoms with Gasteiger partial charge in [0.2, 0.25) is 0 Å². The van der Waals surface area contributed by atoms with Gasteiger partial charge in [-0.1, -0.05) is 44.9 Å². The minimum Gasteiger partial charge on any atom is -0.464 e. The maximum atomic E-state index is 11.0. The molecule has 0 aromatic carbocycles. The highest BCUT2D eigenvalue weighted by Gasteiger charge is 2.00. The molecular weight excluding hydrogens is 420 g/mol. The van der Waals surface area contributed by atoms with Gasteiger partial charge in [0, 0.05) is 6.61 Å². The first-order valence-corrected chi connectivity index (χ1v) is 12.6. The highest BCUT2D eigenvalue weighted by molar-refractivity contribution is 7.80. The molecule has 0 N–H and O–H groups in total. The van der Waals surface area contributed by atoms with E-state index in [9.17, 15) is 4.79 Å². The first-order chi connectivity index (χ1) is 15.3. The van der Waals surface area contributed by atoms with Crippen LogP contribution in [0.3, 0.4) is 0 Å². The molecule has 0 unspecified atom stereocenters. The Morgan fingerprint density at radius 3 is 1.39 bits per heavy atom. The standard InChI is InChI=1S/C23H46O7S/c1-2-30-23(24)22-29-20-19-28-18-17-27-16-15-26-14-13-25-12-10-8-6-4-3-5-7-9-11-21-31/h31H,2-22H2,1H3. The largest absolute Gasteiger partial charge is 0.464 e. The van der Waals surface area contributed by atoms with E-state index < -0.39 is 0 Å². The van der Waals surface area contributed by atoms with Gasteiger partial charge in [0.15, 0.2) is 0 Å². The molecule has 0 aromatic rings. The fourth-order valence-corrected chi connectivity index (χ4v) is 3.01. The SMILES string of the molecule is CCOC(=O)COCCOCCOCCOCCOCCCCCCCCCCCS. The van der Waals surface area contributed by atoms with E-state index in [1.807, 2.05) is 0 Å². The lowest BCUT2D eigenvalue weighted by molar-refractivity contribution is -0.149. The predicted molar refractivity (Wildman–Crippen MR) is 126 cm³/mol. The molecule has 0 aliphatic rings. The van der Waals surface area contributed by atoms with Gasteiger partial charge in [-0.15, -0.1) is 0 Å². The molecule has 0 saturated carbocycles. The third kappa shape index (κ3) is 27.6. The van der Waals surface area contributed by atoms with Crippen LogP contribution in [0, 0.1) is 0 Å². The number of carbonyl (C=O) groups is 1. The molecule has 0 fully saturated rings. The topological polar surface area (TPSA) is 72.5 Å². The molecular formula is C23H46O7S. The summed E-state index contributed by atoms with van der Waals surface area (Å²) >= 11 is 4.24. The average molecular weight is 467 g/mol. The average Bonchev–Trinajstić information content (AvgIpc) is 2.77. The third-order valence-electron chi connectivity index (χ3n) is 4.46. The van der Waals surface area contributed by atoms with Crippen molar-refractivity contribution in [3.8, 4) is 0 Å². The number of hydrogen-bond donors (Lipinski definition) is 1. The zero-order valence-electron chi connectivity index (χ0n) is 19.7. The molecule has 8 heteroatoms. The van der Waals surface area contributed by atoms with Crippen molar-refractivity contribution >= 4 is 18.6 Å². The Labute approximate surface area is 195 Å². The van der Waals surface area contributed by atoms with Crippen LogP contribution in [0.5, 0.6) is 0 Å². The van der Waals surface area contributed by atoms with Crippen molar-refractivity contribution in [3.63, 3.8) is 0 Å². The Kier molecular flexibility index (Phi) is 27.3. The van der Waals surface area contributed by atoms with Gasteiger partial charge in [-0.05, 0) is 25.5 Å². The summed E-state index contributed by atoms with van der Waals surface area (Å²) in [6.45, 7) is 7.03. The van der Waals surface area contributed by atoms with Crippen LogP contribution in [-0.2, 0) is 33.2 Å². The Balaban J connectivity index is 3.03. The van der Waals surface area contributed by atoms with Gasteiger partial charge >= 0.3 is 5.97 Å². The predicted octanol–water partition coefficient (Wildman–Crippen LogP) is 4.07. The summed E-state index contributed by atoms with van der Waals surface area (Å²) < 4.78 is 31.7. The molecule has 0 bridgehead atoms. The summed E-state index contributed by atoms with van der Waals surface area (Å²) in [6, 6.07) is 0. The van der Waals surface area contributed by atoms with Gasteiger partial charge in [-0.2, -0.15) is 12.6 Å². The summed E-state index contributed by atoms with van der Waals surface area (Å²) in [7, 11) is 0. The van der Waals surface area contributed by atoms with Gasteiger partial charge in [0.25, 0.3) is 0 Å². The van der Waals surface area contributed by atoms with Gasteiger partial charge in [0.1, 0.15) is 6.61 Å². The molecule has 0 aromatic heterocycles. The Bertz CT molecular complexity index is 359. The monoisotopic (exact) mass is 466 g/mol. The van der Waals surface area contributed by atoms with Crippen LogP contribution in [0.4, 0.5) is 0 Å². The fourth-order valence-electron chi connectivity index (χ4n) is 2.79. The molecule has 0 aliphatic heterocycles. The number of hydrogen-bond acceptors (Lipinski definition) is 8. The van der Waals surface area contributed by atoms with Crippen LogP contribution < -0.4 is 0 Å². The first kappa shape index (κ1) is 30.6. The van der Waals surface area contributed by atoms with E-state index in [4.69, 9.17) is 28.4 Å². The smallest absolute Gasteiger partial charge is 0.332 e. The van der Waals surface area contributed by atoms with E-state index in [1.165, 1.54) is 51.4 Å². The lowest BCUT2D eigenvalue weighted by Gasteiger charge is -2.08. The van der Waals surface area contributed by atoms with Crippen molar-refractivity contribution in [2.45, 2.75) is 64.7 Å². The molecule has 0 rings (SSSR count). The number of carbonyl (C=O) groups excluding carboxylic acids is 1. The van der Waals surface area contributed by atoms with E-state index in [0.29, 0.717) is 59.5 Å². The minimum absolute atomic E-state index is 0.0355. The number of rotatable bonds is 26. The summed E-state index contributed by atoms with van der Waals surface area (Å²) in [6.07, 6.45) is 11.7. The molecule has 7 nitrogen and oxygen atoms in total. The molecule has 0 amide bonds. The summed E-state index contributed by atoms with van der Waals surface area (Å²) in [5, 5.41) is 0. The normalized spacial score (nSPS) is 11.2. The molecule has 0 aliphatic carbocycles. The third-order valence-corrected chi connectivity index (χ3v) is 4.78. The minimum atomic E-state index is -0.353. The zero-order valence-corrected chi connectivity index (χ0v) is 20.5. The van der Waals surface area contributed by atoms with Crippen LogP contribution in [0.25, 0.3) is 0 Å². The summed E-state index contributed by atoms with van der Waals surface area (Å²) in [5.74, 6) is 0.668. The van der Waals surface area contributed by atoms with Crippen LogP contribution >= 0.6 is 12.6 Å². The quantitative estimate of drug-likeness (QED) is 0.117. The van der Waals surface area contributed by atoms with Crippen molar-refractivity contribution < 1.29 is 33.2 Å². The molecule has 0 saturated heterocycles. The van der Waals surface area contributed by atoms with Crippen LogP contribution in [-0.4, -0.2) is 84.4 Å². The van der Waals surface area contributed by atoms with Crippen molar-refractivity contribution in [1.29, 1.82) is 0 Å². The van der Waals surface area contributed by atoms with E-state index in [-0.39, 0.29) is 12.6 Å². The van der Waals surface area contributed by atoms with E-state index in [0.717, 1.165) is 18.8 Å². The van der Waals surface area contributed by atoms with Gasteiger partial charge in [-0.3, -0.25) is 0 Å². The van der Waals surface area contributed by atoms with E-state index >= 15 is 0 Å². The van der Waals surface area contributed by atoms with Crippen molar-refractivity contribution in [2.75, 3.05) is 78.4 Å². The zero-order chi connectivity index (χ0) is 22.7. The molecule has 0 atom stereocenters. The fraction of sp³-hybridized carbons (Fsp3) is 0.957. The highest BCUT2D eigenvalue weighted by atomic mass is 32.1. The van der Waals surface area contributed by atoms with Crippen molar-refractivity contribution in [2.24, 2.45) is 0 Å². The number of ether oxygens (including phenoxy) is 6. The Hall–Kier alpha value is -0.380. The lowest BCUT2D eigenvalue weighted by Crippen LogP contribution is -2.16. The van der Waals surface area contributed by atoms with Crippen molar-refractivity contribution in [3.05, 3.63) is 0 Å². The second-order valence-electron chi connectivity index (χ2n) is 7.21. The van der Waals surface area contributed by atoms with Gasteiger partial charge < -0.3 is 28.4 Å². The molecule has 31 heavy (non-hydrogen) atoms. The maximum Gasteiger partial charge on any atom is 0.332 e. The Morgan fingerprint density at radius 2 is 0.935 bits per heavy atom. The van der Waals surface area contributed by atoms with Gasteiger partial charge in [0.05, 0.1) is 59.5 Å². The van der Waals surface area contributed by atoms with E-state index in [1.54, 1.807) is 6.92 Å². The van der Waals surface area contributed by atoms with E-state index in [2.05, 4.69) is 12.6 Å². The molecule has 0 heterocycles. The second kappa shape index (κ2) is 27.7.